The molecule has 1 N–H and O–H groups in total. The molecule has 3 rings (SSSR count). The van der Waals surface area contributed by atoms with Crippen molar-refractivity contribution in [2.24, 2.45) is 0 Å². The van der Waals surface area contributed by atoms with Crippen LogP contribution >= 0.6 is 0 Å². The van der Waals surface area contributed by atoms with Crippen LogP contribution in [0.25, 0.3) is 0 Å². The number of nitrogens with one attached hydrogen (secondary N) is 1. The molecule has 0 saturated carbocycles. The van der Waals surface area contributed by atoms with Crippen LogP contribution < -0.4 is 10.2 Å². The Kier molecular flexibility index (Phi) is 3.96. The van der Waals surface area contributed by atoms with Gasteiger partial charge in [0.05, 0.1) is 0 Å². The number of hydrogen-bond acceptors (Lipinski definition) is 6. The van der Waals surface area contributed by atoms with Gasteiger partial charge in [-0.2, -0.15) is 4.98 Å². The fourth-order valence-electron chi connectivity index (χ4n) is 2.36. The average Bonchev–Trinajstić information content (AvgIpc) is 2.48. The third-order valence-corrected chi connectivity index (χ3v) is 3.62. The van der Waals surface area contributed by atoms with Gasteiger partial charge in [0.25, 0.3) is 0 Å². The zero-order valence-corrected chi connectivity index (χ0v) is 12.5. The normalized spacial score (nSPS) is 16.0. The minimum absolute atomic E-state index is 0.588. The first-order chi connectivity index (χ1) is 10.2. The van der Waals surface area contributed by atoms with Gasteiger partial charge in [-0.1, -0.05) is 12.1 Å². The Morgan fingerprint density at radius 3 is 2.67 bits per heavy atom. The Morgan fingerprint density at radius 1 is 1.10 bits per heavy atom. The molecule has 110 valence electrons. The summed E-state index contributed by atoms with van der Waals surface area (Å²) in [6.07, 6.45) is 1.57. The highest BCUT2D eigenvalue weighted by Crippen LogP contribution is 2.16. The van der Waals surface area contributed by atoms with Crippen LogP contribution in [0.15, 0.2) is 30.6 Å². The van der Waals surface area contributed by atoms with E-state index in [0.29, 0.717) is 5.95 Å². The van der Waals surface area contributed by atoms with Crippen LogP contribution in [0.4, 0.5) is 17.6 Å². The number of aromatic nitrogens is 3. The van der Waals surface area contributed by atoms with Gasteiger partial charge in [-0.05, 0) is 31.7 Å². The van der Waals surface area contributed by atoms with Crippen molar-refractivity contribution in [1.29, 1.82) is 0 Å². The van der Waals surface area contributed by atoms with Gasteiger partial charge < -0.3 is 15.1 Å². The van der Waals surface area contributed by atoms with Crippen molar-refractivity contribution in [3.05, 3.63) is 36.2 Å². The third-order valence-electron chi connectivity index (χ3n) is 3.62. The number of rotatable bonds is 3. The van der Waals surface area contributed by atoms with Gasteiger partial charge in [0, 0.05) is 31.9 Å². The molecule has 2 aromatic rings. The second-order valence-electron chi connectivity index (χ2n) is 5.39. The second-order valence-corrected chi connectivity index (χ2v) is 5.39. The van der Waals surface area contributed by atoms with E-state index in [0.717, 1.165) is 37.8 Å². The van der Waals surface area contributed by atoms with Gasteiger partial charge in [-0.3, -0.25) is 0 Å². The van der Waals surface area contributed by atoms with Gasteiger partial charge in [-0.25, -0.2) is 9.97 Å². The SMILES string of the molecule is Cc1cccc(Nc2ncnc(N3CCN(C)CC3)n2)c1. The van der Waals surface area contributed by atoms with Crippen molar-refractivity contribution in [3.8, 4) is 0 Å². The highest BCUT2D eigenvalue weighted by molar-refractivity contribution is 5.54. The lowest BCUT2D eigenvalue weighted by Crippen LogP contribution is -2.45. The number of nitrogens with zero attached hydrogens (tertiary/aromatic N) is 5. The fourth-order valence-corrected chi connectivity index (χ4v) is 2.36. The second kappa shape index (κ2) is 6.05. The van der Waals surface area contributed by atoms with E-state index >= 15 is 0 Å². The van der Waals surface area contributed by atoms with Crippen LogP contribution in [0, 0.1) is 6.92 Å². The molecule has 1 aromatic carbocycles. The highest BCUT2D eigenvalue weighted by Gasteiger charge is 2.16. The van der Waals surface area contributed by atoms with Gasteiger partial charge in [0.1, 0.15) is 6.33 Å². The van der Waals surface area contributed by atoms with E-state index in [1.54, 1.807) is 6.33 Å². The van der Waals surface area contributed by atoms with E-state index in [2.05, 4.69) is 56.2 Å². The first-order valence-corrected chi connectivity index (χ1v) is 7.17. The topological polar surface area (TPSA) is 57.2 Å². The number of benzene rings is 1. The Morgan fingerprint density at radius 2 is 1.90 bits per heavy atom. The lowest BCUT2D eigenvalue weighted by atomic mass is 10.2. The van der Waals surface area contributed by atoms with E-state index in [9.17, 15) is 0 Å². The molecule has 21 heavy (non-hydrogen) atoms. The molecule has 0 amide bonds. The molecule has 0 atom stereocenters. The molecule has 1 aliphatic heterocycles. The summed E-state index contributed by atoms with van der Waals surface area (Å²) in [5.41, 5.74) is 2.19. The van der Waals surface area contributed by atoms with Crippen molar-refractivity contribution < 1.29 is 0 Å². The molecule has 6 nitrogen and oxygen atoms in total. The molecule has 1 saturated heterocycles. The van der Waals surface area contributed by atoms with Gasteiger partial charge in [0.2, 0.25) is 11.9 Å². The van der Waals surface area contributed by atoms with Crippen LogP contribution in [-0.4, -0.2) is 53.1 Å². The number of likely N-dealkylation sites (N-methyl/N-ethyl adjacent to an activating group) is 1. The zero-order chi connectivity index (χ0) is 14.7. The largest absolute Gasteiger partial charge is 0.338 e. The molecular weight excluding hydrogens is 264 g/mol. The molecule has 2 heterocycles. The summed E-state index contributed by atoms with van der Waals surface area (Å²) in [7, 11) is 2.13. The summed E-state index contributed by atoms with van der Waals surface area (Å²) in [4.78, 5) is 17.5. The van der Waals surface area contributed by atoms with Crippen molar-refractivity contribution in [2.45, 2.75) is 6.92 Å². The summed E-state index contributed by atoms with van der Waals surface area (Å²) in [6, 6.07) is 8.15. The molecule has 0 radical (unpaired) electrons. The van der Waals surface area contributed by atoms with Crippen LogP contribution in [-0.2, 0) is 0 Å². The van der Waals surface area contributed by atoms with Crippen LogP contribution in [0.2, 0.25) is 0 Å². The average molecular weight is 284 g/mol. The quantitative estimate of drug-likeness (QED) is 0.925. The number of aryl methyl sites for hydroxylation is 1. The molecule has 0 spiro atoms. The Labute approximate surface area is 124 Å². The standard InChI is InChI=1S/C15H20N6/c1-12-4-3-5-13(10-12)18-14-16-11-17-15(19-14)21-8-6-20(2)7-9-21/h3-5,10-11H,6-9H2,1-2H3,(H,16,17,18,19). The minimum atomic E-state index is 0.588. The molecule has 1 aliphatic rings. The minimum Gasteiger partial charge on any atom is -0.338 e. The maximum atomic E-state index is 4.52. The first-order valence-electron chi connectivity index (χ1n) is 7.17. The van der Waals surface area contributed by atoms with Crippen LogP contribution in [0.5, 0.6) is 0 Å². The van der Waals surface area contributed by atoms with E-state index in [1.165, 1.54) is 5.56 Å². The first kappa shape index (κ1) is 13.8. The van der Waals surface area contributed by atoms with Crippen molar-refractivity contribution in [1.82, 2.24) is 19.9 Å². The summed E-state index contributed by atoms with van der Waals surface area (Å²) in [6.45, 7) is 6.03. The molecule has 0 bridgehead atoms. The lowest BCUT2D eigenvalue weighted by Gasteiger charge is -2.32. The zero-order valence-electron chi connectivity index (χ0n) is 12.5. The van der Waals surface area contributed by atoms with E-state index in [1.807, 2.05) is 12.1 Å². The van der Waals surface area contributed by atoms with Crippen molar-refractivity contribution in [3.63, 3.8) is 0 Å². The van der Waals surface area contributed by atoms with Crippen molar-refractivity contribution >= 4 is 17.6 Å². The van der Waals surface area contributed by atoms with Gasteiger partial charge >= 0.3 is 0 Å². The third kappa shape index (κ3) is 3.46. The van der Waals surface area contributed by atoms with E-state index in [-0.39, 0.29) is 0 Å². The Hall–Kier alpha value is -2.21. The molecular formula is C15H20N6. The fraction of sp³-hybridized carbons (Fsp3) is 0.400. The van der Waals surface area contributed by atoms with Gasteiger partial charge in [0.15, 0.2) is 0 Å². The van der Waals surface area contributed by atoms with E-state index in [4.69, 9.17) is 0 Å². The maximum absolute atomic E-state index is 4.52. The Balaban J connectivity index is 1.74. The molecule has 1 aromatic heterocycles. The van der Waals surface area contributed by atoms with Gasteiger partial charge in [-0.15, -0.1) is 0 Å². The van der Waals surface area contributed by atoms with Crippen LogP contribution in [0.1, 0.15) is 5.56 Å². The number of anilines is 3. The molecule has 0 aliphatic carbocycles. The molecule has 6 heteroatoms. The van der Waals surface area contributed by atoms with Crippen molar-refractivity contribution in [2.75, 3.05) is 43.4 Å². The Bertz CT molecular complexity index is 607. The van der Waals surface area contributed by atoms with E-state index < -0.39 is 0 Å². The number of hydrogen-bond donors (Lipinski definition) is 1. The monoisotopic (exact) mass is 284 g/mol. The lowest BCUT2D eigenvalue weighted by molar-refractivity contribution is 0.311. The number of piperazine rings is 1. The predicted octanol–water partition coefficient (Wildman–Crippen LogP) is 1.68. The highest BCUT2D eigenvalue weighted by atomic mass is 15.3. The molecule has 0 unspecified atom stereocenters. The summed E-state index contributed by atoms with van der Waals surface area (Å²) in [5.74, 6) is 1.33. The maximum Gasteiger partial charge on any atom is 0.231 e. The van der Waals surface area contributed by atoms with Crippen LogP contribution in [0.3, 0.4) is 0 Å². The molecule has 1 fully saturated rings. The smallest absolute Gasteiger partial charge is 0.231 e. The summed E-state index contributed by atoms with van der Waals surface area (Å²) in [5, 5.41) is 3.23. The summed E-state index contributed by atoms with van der Waals surface area (Å²) < 4.78 is 0. The summed E-state index contributed by atoms with van der Waals surface area (Å²) >= 11 is 0. The predicted molar refractivity (Wildman–Crippen MR) is 84.0 cm³/mol.